The molecule has 140 valence electrons. The molecule has 1 amide bonds. The number of carbonyl (C=O) groups excluding carboxylic acids is 1. The molecule has 1 aliphatic rings. The molecular weight excluding hydrogens is 342 g/mol. The molecule has 1 fully saturated rings. The van der Waals surface area contributed by atoms with Crippen molar-refractivity contribution in [1.29, 1.82) is 0 Å². The van der Waals surface area contributed by atoms with Crippen LogP contribution in [0.5, 0.6) is 0 Å². The number of piperidine rings is 1. The van der Waals surface area contributed by atoms with Gasteiger partial charge in [-0.15, -0.1) is 0 Å². The third-order valence-electron chi connectivity index (χ3n) is 5.09. The van der Waals surface area contributed by atoms with E-state index in [1.807, 2.05) is 36.4 Å². The number of nitrogens with zero attached hydrogens (tertiary/aromatic N) is 5. The molecule has 4 heterocycles. The molecule has 0 aromatic carbocycles. The number of rotatable bonds is 5. The minimum Gasteiger partial charge on any atom is -0.448 e. The Morgan fingerprint density at radius 1 is 1.26 bits per heavy atom. The van der Waals surface area contributed by atoms with E-state index in [-0.39, 0.29) is 11.8 Å². The number of imidazole rings is 1. The lowest BCUT2D eigenvalue weighted by Gasteiger charge is -2.32. The fourth-order valence-corrected chi connectivity index (χ4v) is 3.72. The van der Waals surface area contributed by atoms with Gasteiger partial charge in [0.2, 0.25) is 0 Å². The number of aryl methyl sites for hydroxylation is 1. The van der Waals surface area contributed by atoms with E-state index in [1.165, 1.54) is 12.0 Å². The zero-order valence-electron chi connectivity index (χ0n) is 15.4. The third kappa shape index (κ3) is 3.63. The number of pyridine rings is 1. The third-order valence-corrected chi connectivity index (χ3v) is 5.09. The van der Waals surface area contributed by atoms with Crippen molar-refractivity contribution in [3.8, 4) is 0 Å². The Morgan fingerprint density at radius 3 is 2.93 bits per heavy atom. The Bertz CT molecular complexity index is 902. The standard InChI is InChI=1S/C20H23N5O2/c1-2-17-18(23-14-27-17)20(26)25-10-3-4-16(13-25)19-22-9-11-24(19)12-15-5-7-21-8-6-15/h5-9,11,14,16H,2-4,10,12-13H2,1H3. The number of amides is 1. The number of hydrogen-bond donors (Lipinski definition) is 0. The van der Waals surface area contributed by atoms with Gasteiger partial charge in [-0.25, -0.2) is 9.97 Å². The largest absolute Gasteiger partial charge is 0.448 e. The monoisotopic (exact) mass is 365 g/mol. The maximum Gasteiger partial charge on any atom is 0.276 e. The molecular formula is C20H23N5O2. The van der Waals surface area contributed by atoms with Crippen molar-refractivity contribution in [3.05, 3.63) is 66.2 Å². The van der Waals surface area contributed by atoms with Crippen molar-refractivity contribution >= 4 is 5.91 Å². The summed E-state index contributed by atoms with van der Waals surface area (Å²) in [6, 6.07) is 4.02. The quantitative estimate of drug-likeness (QED) is 0.695. The Balaban J connectivity index is 1.51. The Labute approximate surface area is 158 Å². The van der Waals surface area contributed by atoms with Crippen molar-refractivity contribution in [2.45, 2.75) is 38.6 Å². The van der Waals surface area contributed by atoms with Gasteiger partial charge in [0.1, 0.15) is 11.6 Å². The molecule has 0 spiro atoms. The number of aromatic nitrogens is 4. The predicted molar refractivity (Wildman–Crippen MR) is 99.3 cm³/mol. The first-order chi connectivity index (χ1) is 13.3. The minimum absolute atomic E-state index is 0.0439. The highest BCUT2D eigenvalue weighted by Gasteiger charge is 2.30. The van der Waals surface area contributed by atoms with Gasteiger partial charge in [0.25, 0.3) is 5.91 Å². The predicted octanol–water partition coefficient (Wildman–Crippen LogP) is 2.90. The lowest BCUT2D eigenvalue weighted by Crippen LogP contribution is -2.40. The van der Waals surface area contributed by atoms with Crippen molar-refractivity contribution in [1.82, 2.24) is 24.4 Å². The van der Waals surface area contributed by atoms with Crippen molar-refractivity contribution in [2.75, 3.05) is 13.1 Å². The maximum absolute atomic E-state index is 12.9. The molecule has 7 nitrogen and oxygen atoms in total. The van der Waals surface area contributed by atoms with Crippen molar-refractivity contribution in [3.63, 3.8) is 0 Å². The summed E-state index contributed by atoms with van der Waals surface area (Å²) in [5, 5.41) is 0. The van der Waals surface area contributed by atoms with E-state index in [2.05, 4.69) is 19.5 Å². The first-order valence-corrected chi connectivity index (χ1v) is 9.37. The minimum atomic E-state index is -0.0439. The second kappa shape index (κ2) is 7.73. The van der Waals surface area contributed by atoms with Gasteiger partial charge in [-0.2, -0.15) is 0 Å². The fourth-order valence-electron chi connectivity index (χ4n) is 3.72. The molecule has 0 aliphatic carbocycles. The highest BCUT2D eigenvalue weighted by atomic mass is 16.3. The zero-order valence-corrected chi connectivity index (χ0v) is 15.4. The molecule has 0 bridgehead atoms. The Hall–Kier alpha value is -2.96. The average Bonchev–Trinajstić information content (AvgIpc) is 3.37. The Kier molecular flexibility index (Phi) is 5.00. The van der Waals surface area contributed by atoms with Gasteiger partial charge in [0.05, 0.1) is 0 Å². The van der Waals surface area contributed by atoms with Crippen LogP contribution in [0.15, 0.2) is 47.7 Å². The molecule has 0 N–H and O–H groups in total. The molecule has 1 unspecified atom stereocenters. The van der Waals surface area contributed by atoms with E-state index in [4.69, 9.17) is 4.42 Å². The summed E-state index contributed by atoms with van der Waals surface area (Å²) in [4.78, 5) is 27.6. The van der Waals surface area contributed by atoms with Crippen LogP contribution in [0.4, 0.5) is 0 Å². The first kappa shape index (κ1) is 17.5. The normalized spacial score (nSPS) is 17.2. The maximum atomic E-state index is 12.9. The van der Waals surface area contributed by atoms with Gasteiger partial charge in [-0.1, -0.05) is 6.92 Å². The molecule has 1 aliphatic heterocycles. The summed E-state index contributed by atoms with van der Waals surface area (Å²) in [7, 11) is 0. The van der Waals surface area contributed by atoms with Crippen molar-refractivity contribution < 1.29 is 9.21 Å². The van der Waals surface area contributed by atoms with E-state index in [0.29, 0.717) is 24.4 Å². The SMILES string of the molecule is CCc1ocnc1C(=O)N1CCCC(c2nccn2Cc2ccncc2)C1. The molecule has 3 aromatic heterocycles. The molecule has 0 radical (unpaired) electrons. The molecule has 7 heteroatoms. The van der Waals surface area contributed by atoms with Crippen LogP contribution in [0.25, 0.3) is 0 Å². The highest BCUT2D eigenvalue weighted by Crippen LogP contribution is 2.27. The van der Waals surface area contributed by atoms with Crippen LogP contribution in [-0.2, 0) is 13.0 Å². The second-order valence-corrected chi connectivity index (χ2v) is 6.84. The van der Waals surface area contributed by atoms with Gasteiger partial charge in [-0.05, 0) is 30.5 Å². The molecule has 3 aromatic rings. The van der Waals surface area contributed by atoms with E-state index in [0.717, 1.165) is 31.8 Å². The van der Waals surface area contributed by atoms with Gasteiger partial charge >= 0.3 is 0 Å². The second-order valence-electron chi connectivity index (χ2n) is 6.84. The van der Waals surface area contributed by atoms with E-state index < -0.39 is 0 Å². The fraction of sp³-hybridized carbons (Fsp3) is 0.400. The van der Waals surface area contributed by atoms with E-state index in [9.17, 15) is 4.79 Å². The summed E-state index contributed by atoms with van der Waals surface area (Å²) < 4.78 is 7.50. The zero-order chi connectivity index (χ0) is 18.6. The van der Waals surface area contributed by atoms with Gasteiger partial charge in [0.15, 0.2) is 12.1 Å². The molecule has 1 saturated heterocycles. The summed E-state index contributed by atoms with van der Waals surface area (Å²) in [5.41, 5.74) is 1.63. The smallest absolute Gasteiger partial charge is 0.276 e. The van der Waals surface area contributed by atoms with Gasteiger partial charge in [0, 0.05) is 56.8 Å². The van der Waals surface area contributed by atoms with Crippen LogP contribution in [-0.4, -0.2) is 43.4 Å². The molecule has 1 atom stereocenters. The van der Waals surface area contributed by atoms with Gasteiger partial charge < -0.3 is 13.9 Å². The number of hydrogen-bond acceptors (Lipinski definition) is 5. The lowest BCUT2D eigenvalue weighted by atomic mass is 9.96. The van der Waals surface area contributed by atoms with Gasteiger partial charge in [-0.3, -0.25) is 9.78 Å². The summed E-state index contributed by atoms with van der Waals surface area (Å²) in [6.45, 7) is 4.12. The van der Waals surface area contributed by atoms with Crippen LogP contribution >= 0.6 is 0 Å². The highest BCUT2D eigenvalue weighted by molar-refractivity contribution is 5.93. The number of likely N-dealkylation sites (tertiary alicyclic amines) is 1. The van der Waals surface area contributed by atoms with Crippen LogP contribution in [0.3, 0.4) is 0 Å². The van der Waals surface area contributed by atoms with Crippen molar-refractivity contribution in [2.24, 2.45) is 0 Å². The topological polar surface area (TPSA) is 77.0 Å². The molecule has 4 rings (SSSR count). The van der Waals surface area contributed by atoms with E-state index >= 15 is 0 Å². The number of carbonyl (C=O) groups is 1. The van der Waals surface area contributed by atoms with Crippen LogP contribution in [0.1, 0.15) is 53.3 Å². The van der Waals surface area contributed by atoms with Crippen LogP contribution in [0, 0.1) is 0 Å². The average molecular weight is 365 g/mol. The Morgan fingerprint density at radius 2 is 2.11 bits per heavy atom. The molecule has 27 heavy (non-hydrogen) atoms. The van der Waals surface area contributed by atoms with Crippen LogP contribution < -0.4 is 0 Å². The number of oxazole rings is 1. The summed E-state index contributed by atoms with van der Waals surface area (Å²) in [5.74, 6) is 1.86. The summed E-state index contributed by atoms with van der Waals surface area (Å²) >= 11 is 0. The first-order valence-electron chi connectivity index (χ1n) is 9.37. The van der Waals surface area contributed by atoms with Crippen LogP contribution in [0.2, 0.25) is 0 Å². The lowest BCUT2D eigenvalue weighted by molar-refractivity contribution is 0.0696. The molecule has 0 saturated carbocycles. The van der Waals surface area contributed by atoms with E-state index in [1.54, 1.807) is 12.4 Å². The summed E-state index contributed by atoms with van der Waals surface area (Å²) in [6.07, 6.45) is 11.4.